The van der Waals surface area contributed by atoms with Crippen molar-refractivity contribution in [2.24, 2.45) is 0 Å². The average molecular weight is 410 g/mol. The summed E-state index contributed by atoms with van der Waals surface area (Å²) in [6, 6.07) is 13.8. The molecule has 0 bridgehead atoms. The maximum Gasteiger partial charge on any atom is 0.231 e. The smallest absolute Gasteiger partial charge is 0.231 e. The summed E-state index contributed by atoms with van der Waals surface area (Å²) in [7, 11) is 1.79. The van der Waals surface area contributed by atoms with Crippen LogP contribution in [0.25, 0.3) is 11.4 Å². The Hall–Kier alpha value is -3.13. The van der Waals surface area contributed by atoms with Crippen LogP contribution in [0.2, 0.25) is 0 Å². The second-order valence-corrected chi connectivity index (χ2v) is 7.44. The Bertz CT molecular complexity index is 1090. The number of carbonyl (C=O) groups excluding carboxylic acids is 1. The molecule has 8 heteroatoms. The molecule has 1 amide bonds. The topological polar surface area (TPSA) is 72.4 Å². The fourth-order valence-corrected chi connectivity index (χ4v) is 3.47. The van der Waals surface area contributed by atoms with Crippen molar-refractivity contribution < 1.29 is 14.3 Å². The normalized spacial score (nSPS) is 12.2. The van der Waals surface area contributed by atoms with Gasteiger partial charge in [-0.1, -0.05) is 35.9 Å². The third-order valence-electron chi connectivity index (χ3n) is 4.90. The van der Waals surface area contributed by atoms with Crippen molar-refractivity contribution in [1.29, 1.82) is 0 Å². The highest BCUT2D eigenvalue weighted by Crippen LogP contribution is 2.32. The fraction of sp³-hybridized carbons (Fsp3) is 0.286. The van der Waals surface area contributed by atoms with E-state index in [-0.39, 0.29) is 12.7 Å². The second kappa shape index (κ2) is 8.08. The van der Waals surface area contributed by atoms with Gasteiger partial charge in [-0.25, -0.2) is 0 Å². The Labute approximate surface area is 173 Å². The molecule has 1 aliphatic heterocycles. The number of amides is 1. The fourth-order valence-electron chi connectivity index (χ4n) is 3.25. The summed E-state index contributed by atoms with van der Waals surface area (Å²) in [5, 5.41) is 7.17. The summed E-state index contributed by atoms with van der Waals surface area (Å²) in [4.78, 5) is 14.4. The van der Waals surface area contributed by atoms with Gasteiger partial charge in [0.25, 0.3) is 0 Å². The zero-order valence-corrected chi connectivity index (χ0v) is 17.2. The molecule has 4 rings (SSSR count). The number of hydrogen-bond acceptors (Lipinski definition) is 5. The minimum atomic E-state index is 0.0284. The Morgan fingerprint density at radius 3 is 2.76 bits per heavy atom. The molecule has 7 nitrogen and oxygen atoms in total. The average Bonchev–Trinajstić information content (AvgIpc) is 3.32. The van der Waals surface area contributed by atoms with Crippen molar-refractivity contribution in [3.63, 3.8) is 0 Å². The monoisotopic (exact) mass is 410 g/mol. The highest BCUT2D eigenvalue weighted by atomic mass is 32.1. The van der Waals surface area contributed by atoms with Crippen molar-refractivity contribution in [1.82, 2.24) is 19.7 Å². The molecule has 0 atom stereocenters. The third kappa shape index (κ3) is 4.17. The van der Waals surface area contributed by atoms with E-state index in [0.717, 1.165) is 28.5 Å². The van der Waals surface area contributed by atoms with Crippen LogP contribution in [-0.2, 0) is 17.9 Å². The first-order valence-corrected chi connectivity index (χ1v) is 9.77. The van der Waals surface area contributed by atoms with E-state index in [4.69, 9.17) is 21.7 Å². The lowest BCUT2D eigenvalue weighted by Gasteiger charge is -2.18. The van der Waals surface area contributed by atoms with Crippen LogP contribution in [0.15, 0.2) is 42.5 Å². The molecule has 0 saturated heterocycles. The van der Waals surface area contributed by atoms with E-state index in [1.165, 1.54) is 5.56 Å². The molecular formula is C21H22N4O3S. The highest BCUT2D eigenvalue weighted by molar-refractivity contribution is 7.71. The van der Waals surface area contributed by atoms with Gasteiger partial charge in [-0.3, -0.25) is 14.5 Å². The number of hydrogen-bond donors (Lipinski definition) is 1. The van der Waals surface area contributed by atoms with E-state index in [0.29, 0.717) is 24.3 Å². The van der Waals surface area contributed by atoms with Crippen LogP contribution in [0.1, 0.15) is 17.5 Å². The SMILES string of the molecule is Cc1ccc(-c2n[nH]c(=S)n2CCC(=O)N(C)Cc2ccc3c(c2)OCO3)cc1. The molecule has 0 radical (unpaired) electrons. The van der Waals surface area contributed by atoms with Crippen LogP contribution < -0.4 is 9.47 Å². The van der Waals surface area contributed by atoms with Gasteiger partial charge in [0.15, 0.2) is 22.1 Å². The molecule has 150 valence electrons. The zero-order chi connectivity index (χ0) is 20.4. The Balaban J connectivity index is 1.41. The van der Waals surface area contributed by atoms with Crippen molar-refractivity contribution in [2.45, 2.75) is 26.4 Å². The number of H-pyrrole nitrogens is 1. The lowest BCUT2D eigenvalue weighted by Crippen LogP contribution is -2.27. The lowest BCUT2D eigenvalue weighted by atomic mass is 10.1. The summed E-state index contributed by atoms with van der Waals surface area (Å²) in [5.41, 5.74) is 3.13. The van der Waals surface area contributed by atoms with Gasteiger partial charge in [0, 0.05) is 32.1 Å². The quantitative estimate of drug-likeness (QED) is 0.628. The number of fused-ring (bicyclic) bond motifs is 1. The summed E-state index contributed by atoms with van der Waals surface area (Å²) < 4.78 is 13.1. The van der Waals surface area contributed by atoms with Gasteiger partial charge in [0.05, 0.1) is 0 Å². The Kier molecular flexibility index (Phi) is 5.35. The number of nitrogens with zero attached hydrogens (tertiary/aromatic N) is 3. The summed E-state index contributed by atoms with van der Waals surface area (Å²) >= 11 is 5.36. The van der Waals surface area contributed by atoms with Crippen LogP contribution in [0.5, 0.6) is 11.5 Å². The molecule has 0 aliphatic carbocycles. The number of benzene rings is 2. The van der Waals surface area contributed by atoms with Crippen LogP contribution in [0, 0.1) is 11.7 Å². The van der Waals surface area contributed by atoms with Crippen LogP contribution in [0.4, 0.5) is 0 Å². The summed E-state index contributed by atoms with van der Waals surface area (Å²) in [6.45, 7) is 3.23. The largest absolute Gasteiger partial charge is 0.454 e. The third-order valence-corrected chi connectivity index (χ3v) is 5.21. The Morgan fingerprint density at radius 1 is 1.21 bits per heavy atom. The number of nitrogens with one attached hydrogen (secondary N) is 1. The molecule has 2 aromatic carbocycles. The molecule has 0 saturated carbocycles. The summed E-state index contributed by atoms with van der Waals surface area (Å²) in [6.07, 6.45) is 0.327. The minimum absolute atomic E-state index is 0.0284. The number of aromatic nitrogens is 3. The minimum Gasteiger partial charge on any atom is -0.454 e. The first-order valence-electron chi connectivity index (χ1n) is 9.36. The van der Waals surface area contributed by atoms with E-state index < -0.39 is 0 Å². The molecule has 1 N–H and O–H groups in total. The van der Waals surface area contributed by atoms with Crippen LogP contribution in [0.3, 0.4) is 0 Å². The van der Waals surface area contributed by atoms with Crippen molar-refractivity contribution in [3.05, 3.63) is 58.4 Å². The molecule has 0 spiro atoms. The van der Waals surface area contributed by atoms with Crippen LogP contribution >= 0.6 is 12.2 Å². The molecule has 0 unspecified atom stereocenters. The van der Waals surface area contributed by atoms with E-state index in [1.807, 2.05) is 54.0 Å². The van der Waals surface area contributed by atoms with Gasteiger partial charge >= 0.3 is 0 Å². The van der Waals surface area contributed by atoms with E-state index in [9.17, 15) is 4.79 Å². The van der Waals surface area contributed by atoms with Gasteiger partial charge in [0.2, 0.25) is 12.7 Å². The first kappa shape index (κ1) is 19.2. The van der Waals surface area contributed by atoms with Gasteiger partial charge in [-0.2, -0.15) is 5.10 Å². The molecular weight excluding hydrogens is 388 g/mol. The van der Waals surface area contributed by atoms with E-state index in [2.05, 4.69) is 10.2 Å². The predicted molar refractivity (Wildman–Crippen MR) is 111 cm³/mol. The number of aryl methyl sites for hydroxylation is 1. The molecule has 0 fully saturated rings. The predicted octanol–water partition coefficient (Wildman–Crippen LogP) is 3.69. The second-order valence-electron chi connectivity index (χ2n) is 7.06. The summed E-state index contributed by atoms with van der Waals surface area (Å²) in [5.74, 6) is 2.22. The zero-order valence-electron chi connectivity index (χ0n) is 16.3. The van der Waals surface area contributed by atoms with Crippen molar-refractivity contribution >= 4 is 18.1 Å². The number of rotatable bonds is 6. The van der Waals surface area contributed by atoms with Crippen LogP contribution in [-0.4, -0.2) is 39.4 Å². The number of carbonyl (C=O) groups is 1. The van der Waals surface area contributed by atoms with Crippen molar-refractivity contribution in [2.75, 3.05) is 13.8 Å². The Morgan fingerprint density at radius 2 is 1.97 bits per heavy atom. The molecule has 1 aliphatic rings. The number of aromatic amines is 1. The number of ether oxygens (including phenoxy) is 2. The van der Waals surface area contributed by atoms with Gasteiger partial charge in [0.1, 0.15) is 0 Å². The molecule has 1 aromatic heterocycles. The molecule has 3 aromatic rings. The van der Waals surface area contributed by atoms with E-state index >= 15 is 0 Å². The van der Waals surface area contributed by atoms with Crippen molar-refractivity contribution in [3.8, 4) is 22.9 Å². The van der Waals surface area contributed by atoms with E-state index in [1.54, 1.807) is 11.9 Å². The lowest BCUT2D eigenvalue weighted by molar-refractivity contribution is -0.130. The maximum atomic E-state index is 12.7. The van der Waals surface area contributed by atoms with Gasteiger partial charge in [-0.05, 0) is 36.8 Å². The molecule has 2 heterocycles. The van der Waals surface area contributed by atoms with Gasteiger partial charge in [-0.15, -0.1) is 0 Å². The maximum absolute atomic E-state index is 12.7. The molecule has 29 heavy (non-hydrogen) atoms. The first-order chi connectivity index (χ1) is 14.0. The standard InChI is InChI=1S/C21H22N4O3S/c1-14-3-6-16(7-4-14)20-22-23-21(29)25(20)10-9-19(26)24(2)12-15-5-8-17-18(11-15)28-13-27-17/h3-8,11H,9-10,12-13H2,1-2H3,(H,23,29). The highest BCUT2D eigenvalue weighted by Gasteiger charge is 2.16. The van der Waals surface area contributed by atoms with Gasteiger partial charge < -0.3 is 14.4 Å².